The second kappa shape index (κ2) is 9.44. The lowest BCUT2D eigenvalue weighted by Gasteiger charge is -2.30. The molecule has 6 heteroatoms. The minimum absolute atomic E-state index is 0.174. The highest BCUT2D eigenvalue weighted by Crippen LogP contribution is 2.25. The number of hydrogen-bond donors (Lipinski definition) is 1. The molecule has 0 aromatic heterocycles. The lowest BCUT2D eigenvalue weighted by atomic mass is 9.96. The lowest BCUT2D eigenvalue weighted by Crippen LogP contribution is -2.48. The first-order chi connectivity index (χ1) is 13.5. The standard InChI is InChI=1S/C23H32N2O3S/c1-16(2)14-22(20-10-8-7-9-11-20)24-23(26)19(5)25(29(6,27)28)21-13-12-17(3)18(4)15-21/h7-13,15-16,19,22H,14H2,1-6H3,(H,24,26)/t19-,22+/m0/s1. The van der Waals surface area contributed by atoms with Gasteiger partial charge in [-0.05, 0) is 61.9 Å². The maximum Gasteiger partial charge on any atom is 0.244 e. The van der Waals surface area contributed by atoms with Crippen LogP contribution in [0.15, 0.2) is 48.5 Å². The number of hydrogen-bond acceptors (Lipinski definition) is 3. The third-order valence-electron chi connectivity index (χ3n) is 5.06. The van der Waals surface area contributed by atoms with Crippen LogP contribution in [0.4, 0.5) is 5.69 Å². The van der Waals surface area contributed by atoms with Crippen LogP contribution < -0.4 is 9.62 Å². The van der Waals surface area contributed by atoms with Crippen molar-refractivity contribution in [3.63, 3.8) is 0 Å². The minimum Gasteiger partial charge on any atom is -0.347 e. The summed E-state index contributed by atoms with van der Waals surface area (Å²) in [6.07, 6.45) is 1.90. The van der Waals surface area contributed by atoms with Gasteiger partial charge in [0.1, 0.15) is 6.04 Å². The van der Waals surface area contributed by atoms with Crippen LogP contribution >= 0.6 is 0 Å². The van der Waals surface area contributed by atoms with Crippen molar-refractivity contribution in [1.82, 2.24) is 5.32 Å². The highest BCUT2D eigenvalue weighted by molar-refractivity contribution is 7.92. The summed E-state index contributed by atoms with van der Waals surface area (Å²) in [6.45, 7) is 9.73. The van der Waals surface area contributed by atoms with Gasteiger partial charge in [-0.3, -0.25) is 9.10 Å². The number of benzene rings is 2. The molecule has 0 saturated heterocycles. The lowest BCUT2D eigenvalue weighted by molar-refractivity contribution is -0.122. The van der Waals surface area contributed by atoms with Crippen LogP contribution in [0.3, 0.4) is 0 Å². The van der Waals surface area contributed by atoms with Crippen molar-refractivity contribution in [2.45, 2.75) is 53.1 Å². The largest absolute Gasteiger partial charge is 0.347 e. The molecule has 0 aliphatic rings. The fraction of sp³-hybridized carbons (Fsp3) is 0.435. The molecule has 0 heterocycles. The molecule has 0 fully saturated rings. The van der Waals surface area contributed by atoms with Crippen LogP contribution in [-0.2, 0) is 14.8 Å². The molecule has 1 N–H and O–H groups in total. The van der Waals surface area contributed by atoms with Gasteiger partial charge in [-0.15, -0.1) is 0 Å². The van der Waals surface area contributed by atoms with Crippen molar-refractivity contribution in [3.05, 3.63) is 65.2 Å². The van der Waals surface area contributed by atoms with E-state index in [4.69, 9.17) is 0 Å². The van der Waals surface area contributed by atoms with E-state index in [0.29, 0.717) is 11.6 Å². The van der Waals surface area contributed by atoms with E-state index in [9.17, 15) is 13.2 Å². The van der Waals surface area contributed by atoms with E-state index in [0.717, 1.165) is 29.4 Å². The van der Waals surface area contributed by atoms with Crippen molar-refractivity contribution in [3.8, 4) is 0 Å². The van der Waals surface area contributed by atoms with Gasteiger partial charge in [0.2, 0.25) is 15.9 Å². The molecule has 0 aliphatic heterocycles. The fourth-order valence-corrected chi connectivity index (χ4v) is 4.57. The SMILES string of the molecule is Cc1ccc(N([C@@H](C)C(=O)N[C@H](CC(C)C)c2ccccc2)S(C)(=O)=O)cc1C. The first kappa shape index (κ1) is 22.9. The Hall–Kier alpha value is -2.34. The van der Waals surface area contributed by atoms with E-state index < -0.39 is 16.1 Å². The van der Waals surface area contributed by atoms with Gasteiger partial charge < -0.3 is 5.32 Å². The van der Waals surface area contributed by atoms with Crippen molar-refractivity contribution >= 4 is 21.6 Å². The van der Waals surface area contributed by atoms with E-state index in [-0.39, 0.29) is 11.9 Å². The van der Waals surface area contributed by atoms with Crippen molar-refractivity contribution in [2.75, 3.05) is 10.6 Å². The van der Waals surface area contributed by atoms with E-state index in [1.54, 1.807) is 13.0 Å². The number of nitrogens with zero attached hydrogens (tertiary/aromatic N) is 1. The van der Waals surface area contributed by atoms with Crippen molar-refractivity contribution < 1.29 is 13.2 Å². The summed E-state index contributed by atoms with van der Waals surface area (Å²) in [5.74, 6) is 0.0599. The molecule has 0 unspecified atom stereocenters. The molecule has 1 amide bonds. The van der Waals surface area contributed by atoms with Gasteiger partial charge in [0.05, 0.1) is 18.0 Å². The van der Waals surface area contributed by atoms with E-state index >= 15 is 0 Å². The Bertz CT molecular complexity index is 940. The molecule has 2 rings (SSSR count). The highest BCUT2D eigenvalue weighted by Gasteiger charge is 2.30. The third-order valence-corrected chi connectivity index (χ3v) is 6.30. The van der Waals surface area contributed by atoms with Crippen LogP contribution in [0.1, 0.15) is 49.9 Å². The maximum atomic E-state index is 13.1. The predicted octanol–water partition coefficient (Wildman–Crippen LogP) is 4.36. The molecule has 0 aliphatic carbocycles. The molecule has 0 spiro atoms. The minimum atomic E-state index is -3.64. The van der Waals surface area contributed by atoms with Crippen molar-refractivity contribution in [1.29, 1.82) is 0 Å². The molecular weight excluding hydrogens is 384 g/mol. The van der Waals surface area contributed by atoms with Crippen LogP contribution in [0, 0.1) is 19.8 Å². The quantitative estimate of drug-likeness (QED) is 0.695. The summed E-state index contributed by atoms with van der Waals surface area (Å²) in [7, 11) is -3.64. The van der Waals surface area contributed by atoms with Gasteiger partial charge in [0.25, 0.3) is 0 Å². The number of aryl methyl sites for hydroxylation is 2. The zero-order valence-electron chi connectivity index (χ0n) is 18.1. The average Bonchev–Trinajstić information content (AvgIpc) is 2.63. The molecular formula is C23H32N2O3S. The summed E-state index contributed by atoms with van der Waals surface area (Å²) in [4.78, 5) is 13.1. The van der Waals surface area contributed by atoms with Gasteiger partial charge in [0.15, 0.2) is 0 Å². The molecule has 2 aromatic carbocycles. The van der Waals surface area contributed by atoms with Crippen LogP contribution in [0.5, 0.6) is 0 Å². The van der Waals surface area contributed by atoms with E-state index in [1.807, 2.05) is 56.3 Å². The smallest absolute Gasteiger partial charge is 0.244 e. The Kier molecular flexibility index (Phi) is 7.47. The zero-order chi connectivity index (χ0) is 21.8. The monoisotopic (exact) mass is 416 g/mol. The number of sulfonamides is 1. The Morgan fingerprint density at radius 2 is 1.62 bits per heavy atom. The number of nitrogens with one attached hydrogen (secondary N) is 1. The van der Waals surface area contributed by atoms with Gasteiger partial charge in [-0.2, -0.15) is 0 Å². The Morgan fingerprint density at radius 3 is 2.14 bits per heavy atom. The summed E-state index contributed by atoms with van der Waals surface area (Å²) in [5.41, 5.74) is 3.56. The first-order valence-corrected chi connectivity index (χ1v) is 11.8. The molecule has 0 saturated carbocycles. The molecule has 29 heavy (non-hydrogen) atoms. The Balaban J connectivity index is 2.33. The first-order valence-electron chi connectivity index (χ1n) is 9.92. The predicted molar refractivity (Wildman–Crippen MR) is 119 cm³/mol. The summed E-state index contributed by atoms with van der Waals surface area (Å²) in [5, 5.41) is 3.07. The average molecular weight is 417 g/mol. The van der Waals surface area contributed by atoms with Crippen LogP contribution in [-0.4, -0.2) is 26.6 Å². The van der Waals surface area contributed by atoms with E-state index in [2.05, 4.69) is 19.2 Å². The molecule has 2 aromatic rings. The Labute approximate surface area is 175 Å². The van der Waals surface area contributed by atoms with Gasteiger partial charge in [0, 0.05) is 0 Å². The Morgan fingerprint density at radius 1 is 1.00 bits per heavy atom. The molecule has 0 radical (unpaired) electrons. The normalized spacial score (nSPS) is 13.8. The molecule has 0 bridgehead atoms. The number of amides is 1. The molecule has 158 valence electrons. The highest BCUT2D eigenvalue weighted by atomic mass is 32.2. The van der Waals surface area contributed by atoms with Crippen LogP contribution in [0.25, 0.3) is 0 Å². The number of rotatable bonds is 8. The van der Waals surface area contributed by atoms with Gasteiger partial charge in [-0.1, -0.05) is 50.2 Å². The number of carbonyl (C=O) groups excluding carboxylic acids is 1. The second-order valence-electron chi connectivity index (χ2n) is 8.10. The zero-order valence-corrected chi connectivity index (χ0v) is 19.0. The molecule has 5 nitrogen and oxygen atoms in total. The molecule has 2 atom stereocenters. The third kappa shape index (κ3) is 6.07. The van der Waals surface area contributed by atoms with Crippen LogP contribution in [0.2, 0.25) is 0 Å². The van der Waals surface area contributed by atoms with E-state index in [1.165, 1.54) is 4.31 Å². The summed E-state index contributed by atoms with van der Waals surface area (Å²) in [6, 6.07) is 14.2. The summed E-state index contributed by atoms with van der Waals surface area (Å²) >= 11 is 0. The fourth-order valence-electron chi connectivity index (χ4n) is 3.40. The topological polar surface area (TPSA) is 66.5 Å². The summed E-state index contributed by atoms with van der Waals surface area (Å²) < 4.78 is 26.3. The number of carbonyl (C=O) groups is 1. The second-order valence-corrected chi connectivity index (χ2v) is 9.96. The van der Waals surface area contributed by atoms with Gasteiger partial charge >= 0.3 is 0 Å². The number of anilines is 1. The maximum absolute atomic E-state index is 13.1. The van der Waals surface area contributed by atoms with Gasteiger partial charge in [-0.25, -0.2) is 8.42 Å². The van der Waals surface area contributed by atoms with Crippen molar-refractivity contribution in [2.24, 2.45) is 5.92 Å².